The van der Waals surface area contributed by atoms with E-state index in [0.717, 1.165) is 31.3 Å². The van der Waals surface area contributed by atoms with Crippen LogP contribution in [0.5, 0.6) is 0 Å². The quantitative estimate of drug-likeness (QED) is 0.717. The molecule has 7 heteroatoms. The van der Waals surface area contributed by atoms with Gasteiger partial charge >= 0.3 is 6.18 Å². The molecule has 4 unspecified atom stereocenters. The fourth-order valence-electron chi connectivity index (χ4n) is 6.06. The van der Waals surface area contributed by atoms with Crippen molar-refractivity contribution in [2.24, 2.45) is 17.3 Å². The zero-order valence-electron chi connectivity index (χ0n) is 17.9. The molecule has 0 saturated carbocycles. The minimum absolute atomic E-state index is 0.0298. The Bertz CT molecular complexity index is 915. The van der Waals surface area contributed by atoms with Gasteiger partial charge in [-0.05, 0) is 54.4 Å². The van der Waals surface area contributed by atoms with Crippen molar-refractivity contribution in [3.05, 3.63) is 47.0 Å². The van der Waals surface area contributed by atoms with E-state index in [-0.39, 0.29) is 30.5 Å². The van der Waals surface area contributed by atoms with E-state index in [4.69, 9.17) is 4.74 Å². The first-order valence-corrected chi connectivity index (χ1v) is 11.2. The summed E-state index contributed by atoms with van der Waals surface area (Å²) in [5.41, 5.74) is 0.343. The van der Waals surface area contributed by atoms with E-state index in [2.05, 4.69) is 31.3 Å². The van der Waals surface area contributed by atoms with E-state index < -0.39 is 17.2 Å². The molecule has 2 fully saturated rings. The van der Waals surface area contributed by atoms with Crippen LogP contribution in [-0.2, 0) is 28.7 Å². The van der Waals surface area contributed by atoms with Gasteiger partial charge in [-0.2, -0.15) is 13.2 Å². The number of hydrogen-bond donors (Lipinski definition) is 1. The maximum absolute atomic E-state index is 13.6. The van der Waals surface area contributed by atoms with Crippen LogP contribution in [0.15, 0.2) is 30.4 Å². The van der Waals surface area contributed by atoms with Crippen LogP contribution in [0, 0.1) is 17.3 Å². The van der Waals surface area contributed by atoms with Gasteiger partial charge < -0.3 is 15.0 Å². The summed E-state index contributed by atoms with van der Waals surface area (Å²) in [4.78, 5) is 15.4. The lowest BCUT2D eigenvalue weighted by atomic mass is 9.74. The summed E-state index contributed by atoms with van der Waals surface area (Å²) >= 11 is 0. The number of rotatable bonds is 2. The van der Waals surface area contributed by atoms with E-state index >= 15 is 0 Å². The lowest BCUT2D eigenvalue weighted by molar-refractivity contribution is -0.137. The van der Waals surface area contributed by atoms with Crippen LogP contribution in [0.25, 0.3) is 0 Å². The maximum atomic E-state index is 13.6. The molecule has 168 valence electrons. The van der Waals surface area contributed by atoms with Gasteiger partial charge in [-0.1, -0.05) is 32.1 Å². The predicted molar refractivity (Wildman–Crippen MR) is 110 cm³/mol. The Kier molecular flexibility index (Phi) is 4.97. The molecule has 1 aromatic carbocycles. The minimum Gasteiger partial charge on any atom is -0.381 e. The highest BCUT2D eigenvalue weighted by Gasteiger charge is 2.58. The molecule has 0 bridgehead atoms. The van der Waals surface area contributed by atoms with Crippen molar-refractivity contribution >= 4 is 5.91 Å². The molecule has 1 N–H and O–H groups in total. The van der Waals surface area contributed by atoms with Gasteiger partial charge in [-0.3, -0.25) is 4.79 Å². The first-order chi connectivity index (χ1) is 14.7. The predicted octanol–water partition coefficient (Wildman–Crippen LogP) is 3.94. The van der Waals surface area contributed by atoms with Gasteiger partial charge in [-0.15, -0.1) is 0 Å². The normalized spacial score (nSPS) is 37.4. The van der Waals surface area contributed by atoms with Crippen molar-refractivity contribution in [1.82, 2.24) is 10.2 Å². The second kappa shape index (κ2) is 7.34. The Balaban J connectivity index is 1.35. The molecular weight excluding hydrogens is 405 g/mol. The Morgan fingerprint density at radius 3 is 2.77 bits per heavy atom. The number of carbonyl (C=O) groups excluding carboxylic acids is 1. The van der Waals surface area contributed by atoms with Gasteiger partial charge in [0.2, 0.25) is 5.91 Å². The fraction of sp³-hybridized carbons (Fsp3) is 0.625. The second-order valence-corrected chi connectivity index (χ2v) is 9.80. The van der Waals surface area contributed by atoms with Crippen molar-refractivity contribution < 1.29 is 22.7 Å². The number of hydrogen-bond acceptors (Lipinski definition) is 3. The number of nitrogens with one attached hydrogen (secondary N) is 1. The van der Waals surface area contributed by atoms with Crippen molar-refractivity contribution in [3.8, 4) is 0 Å². The van der Waals surface area contributed by atoms with Crippen LogP contribution in [0.4, 0.5) is 13.2 Å². The highest BCUT2D eigenvalue weighted by molar-refractivity contribution is 5.89. The molecule has 1 spiro atoms. The standard InChI is InChI=1S/C24H29F3N2O2/c1-14-13-31-8-6-20(14)28-19-5-7-23(11-19)15(2)21-10-16-3-4-18(24(25,26)27)9-17(16)12-29(21)22(23)30/h3-5,7,9,14-15,19-21,28H,6,8,10-13H2,1-2H3/t14?,15?,19-,20?,21?,23+/m1/s1. The van der Waals surface area contributed by atoms with Crippen LogP contribution in [-0.4, -0.2) is 42.1 Å². The molecule has 4 nitrogen and oxygen atoms in total. The third-order valence-electron chi connectivity index (χ3n) is 8.00. The second-order valence-electron chi connectivity index (χ2n) is 9.80. The minimum atomic E-state index is -4.37. The summed E-state index contributed by atoms with van der Waals surface area (Å²) in [6, 6.07) is 4.52. The van der Waals surface area contributed by atoms with E-state index in [9.17, 15) is 18.0 Å². The topological polar surface area (TPSA) is 41.6 Å². The zero-order chi connectivity index (χ0) is 22.0. The van der Waals surface area contributed by atoms with Crippen LogP contribution < -0.4 is 5.32 Å². The molecule has 3 heterocycles. The van der Waals surface area contributed by atoms with Crippen LogP contribution in [0.1, 0.15) is 43.4 Å². The highest BCUT2D eigenvalue weighted by atomic mass is 19.4. The van der Waals surface area contributed by atoms with Crippen molar-refractivity contribution in [1.29, 1.82) is 0 Å². The third-order valence-corrected chi connectivity index (χ3v) is 8.00. The largest absolute Gasteiger partial charge is 0.416 e. The van der Waals surface area contributed by atoms with Gasteiger partial charge in [0.15, 0.2) is 0 Å². The van der Waals surface area contributed by atoms with E-state index in [1.807, 2.05) is 4.90 Å². The summed E-state index contributed by atoms with van der Waals surface area (Å²) in [5, 5.41) is 3.72. The van der Waals surface area contributed by atoms with E-state index in [1.54, 1.807) is 6.07 Å². The monoisotopic (exact) mass is 434 g/mol. The van der Waals surface area contributed by atoms with Gasteiger partial charge in [0.1, 0.15) is 0 Å². The SMILES string of the molecule is CC1COCCC1N[C@@H]1C=C[C@@]2(C1)C(=O)N1Cc3cc(C(F)(F)F)ccc3CC1C2C. The van der Waals surface area contributed by atoms with Crippen molar-refractivity contribution in [3.63, 3.8) is 0 Å². The summed E-state index contributed by atoms with van der Waals surface area (Å²) in [5.74, 6) is 0.610. The average molecular weight is 435 g/mol. The smallest absolute Gasteiger partial charge is 0.381 e. The fourth-order valence-corrected chi connectivity index (χ4v) is 6.06. The third kappa shape index (κ3) is 3.41. The lowest BCUT2D eigenvalue weighted by Crippen LogP contribution is -2.46. The Labute approximate surface area is 180 Å². The summed E-state index contributed by atoms with van der Waals surface area (Å²) in [6.45, 7) is 6.08. The molecule has 4 aliphatic rings. The maximum Gasteiger partial charge on any atom is 0.416 e. The highest BCUT2D eigenvalue weighted by Crippen LogP contribution is 2.52. The Morgan fingerprint density at radius 2 is 2.03 bits per heavy atom. The lowest BCUT2D eigenvalue weighted by Gasteiger charge is -2.34. The average Bonchev–Trinajstić information content (AvgIpc) is 3.24. The van der Waals surface area contributed by atoms with Crippen LogP contribution >= 0.6 is 0 Å². The number of alkyl halides is 3. The first-order valence-electron chi connectivity index (χ1n) is 11.2. The van der Waals surface area contributed by atoms with Gasteiger partial charge in [0.05, 0.1) is 17.6 Å². The molecule has 5 rings (SSSR count). The molecule has 31 heavy (non-hydrogen) atoms. The number of halogens is 3. The number of fused-ring (bicyclic) bond motifs is 2. The molecule has 1 aliphatic carbocycles. The molecule has 1 amide bonds. The van der Waals surface area contributed by atoms with Gasteiger partial charge in [0, 0.05) is 31.3 Å². The van der Waals surface area contributed by atoms with Crippen LogP contribution in [0.3, 0.4) is 0 Å². The van der Waals surface area contributed by atoms with Crippen LogP contribution in [0.2, 0.25) is 0 Å². The van der Waals surface area contributed by atoms with Gasteiger partial charge in [0.25, 0.3) is 0 Å². The Morgan fingerprint density at radius 1 is 1.23 bits per heavy atom. The van der Waals surface area contributed by atoms with E-state index in [1.165, 1.54) is 6.07 Å². The molecule has 2 saturated heterocycles. The first kappa shape index (κ1) is 21.0. The number of ether oxygens (including phenoxy) is 1. The van der Waals surface area contributed by atoms with Crippen molar-refractivity contribution in [2.75, 3.05) is 13.2 Å². The molecule has 6 atom stereocenters. The summed E-state index contributed by atoms with van der Waals surface area (Å²) in [6.07, 6.45) is 2.13. The molecule has 0 radical (unpaired) electrons. The van der Waals surface area contributed by atoms with Gasteiger partial charge in [-0.25, -0.2) is 0 Å². The zero-order valence-corrected chi connectivity index (χ0v) is 17.9. The van der Waals surface area contributed by atoms with E-state index in [0.29, 0.717) is 30.4 Å². The molecule has 1 aromatic rings. The number of benzene rings is 1. The number of amides is 1. The Hall–Kier alpha value is -1.86. The molecule has 0 aromatic heterocycles. The number of nitrogens with zero attached hydrogens (tertiary/aromatic N) is 1. The number of carbonyl (C=O) groups is 1. The summed E-state index contributed by atoms with van der Waals surface area (Å²) < 4.78 is 45.0. The summed E-state index contributed by atoms with van der Waals surface area (Å²) in [7, 11) is 0. The molecular formula is C24H29F3N2O2. The molecule has 3 aliphatic heterocycles. The van der Waals surface area contributed by atoms with Crippen molar-refractivity contribution in [2.45, 2.75) is 64.0 Å².